The maximum Gasteiger partial charge on any atom is 0.416 e. The summed E-state index contributed by atoms with van der Waals surface area (Å²) in [5, 5.41) is 0. The van der Waals surface area contributed by atoms with Gasteiger partial charge in [-0.25, -0.2) is 8.42 Å². The van der Waals surface area contributed by atoms with Crippen molar-refractivity contribution in [2.24, 2.45) is 0 Å². The van der Waals surface area contributed by atoms with Crippen molar-refractivity contribution >= 4 is 21.4 Å². The van der Waals surface area contributed by atoms with Crippen molar-refractivity contribution in [2.45, 2.75) is 30.0 Å². The fourth-order valence-electron chi connectivity index (χ4n) is 4.04. The number of rotatable bonds is 6. The van der Waals surface area contributed by atoms with Crippen molar-refractivity contribution in [1.82, 2.24) is 0 Å². The van der Waals surface area contributed by atoms with Crippen LogP contribution in [0.4, 0.5) is 24.5 Å². The first-order valence-electron chi connectivity index (χ1n) is 11.5. The summed E-state index contributed by atoms with van der Waals surface area (Å²) in [5.74, 6) is 1.07. The lowest BCUT2D eigenvalue weighted by Gasteiger charge is -2.31. The number of nitrogens with zero attached hydrogens (tertiary/aromatic N) is 2. The van der Waals surface area contributed by atoms with Crippen LogP contribution >= 0.6 is 0 Å². The highest BCUT2D eigenvalue weighted by atomic mass is 32.2. The van der Waals surface area contributed by atoms with Gasteiger partial charge in [-0.2, -0.15) is 13.2 Å². The predicted molar refractivity (Wildman–Crippen MR) is 131 cm³/mol. The second-order valence-electron chi connectivity index (χ2n) is 9.06. The number of hydrogen-bond acceptors (Lipinski definition) is 5. The van der Waals surface area contributed by atoms with Crippen LogP contribution in [-0.4, -0.2) is 41.8 Å². The number of hydrogen-bond donors (Lipinski definition) is 0. The van der Waals surface area contributed by atoms with E-state index in [1.807, 2.05) is 43.3 Å². The molecule has 3 aromatic rings. The Bertz CT molecular complexity index is 1400. The van der Waals surface area contributed by atoms with Gasteiger partial charge in [0.05, 0.1) is 28.8 Å². The summed E-state index contributed by atoms with van der Waals surface area (Å²) < 4.78 is 79.5. The fourth-order valence-corrected chi connectivity index (χ4v) is 5.53. The van der Waals surface area contributed by atoms with E-state index >= 15 is 0 Å². The topological polar surface area (TPSA) is 59.1 Å². The average Bonchev–Trinajstić information content (AvgIpc) is 3.66. The lowest BCUT2D eigenvalue weighted by atomic mass is 10.0. The van der Waals surface area contributed by atoms with Gasteiger partial charge >= 0.3 is 6.18 Å². The molecule has 10 heteroatoms. The zero-order chi connectivity index (χ0) is 25.7. The van der Waals surface area contributed by atoms with E-state index in [-0.39, 0.29) is 24.9 Å². The monoisotopic (exact) mass is 518 g/mol. The van der Waals surface area contributed by atoms with Crippen LogP contribution in [0.25, 0.3) is 11.1 Å². The Kier molecular flexibility index (Phi) is 6.02. The summed E-state index contributed by atoms with van der Waals surface area (Å²) in [5.41, 5.74) is 1.73. The molecule has 0 unspecified atom stereocenters. The zero-order valence-electron chi connectivity index (χ0n) is 19.7. The van der Waals surface area contributed by atoms with Crippen LogP contribution in [-0.2, 0) is 16.2 Å². The molecule has 2 aliphatic rings. The van der Waals surface area contributed by atoms with Gasteiger partial charge in [0.2, 0.25) is 0 Å². The van der Waals surface area contributed by atoms with Crippen LogP contribution in [0.5, 0.6) is 11.5 Å². The number of ether oxygens (including phenoxy) is 2. The molecule has 36 heavy (non-hydrogen) atoms. The molecule has 0 N–H and O–H groups in total. The molecule has 1 aliphatic heterocycles. The number of halogens is 3. The normalized spacial score (nSPS) is 15.8. The Balaban J connectivity index is 1.56. The number of fused-ring (bicyclic) bond motifs is 1. The van der Waals surface area contributed by atoms with E-state index < -0.39 is 26.7 Å². The Hall–Kier alpha value is -3.40. The van der Waals surface area contributed by atoms with E-state index in [9.17, 15) is 21.6 Å². The maximum absolute atomic E-state index is 13.5. The zero-order valence-corrected chi connectivity index (χ0v) is 20.6. The fraction of sp³-hybridized carbons (Fsp3) is 0.308. The first-order valence-corrected chi connectivity index (χ1v) is 12.9. The third kappa shape index (κ3) is 4.82. The SMILES string of the molecule is CN(C)c1cc(OC2CC2)cc(-c2ccc3c(c2)N(S(=O)(=O)c2cccc(C(F)(F)F)c2)CCO3)c1. The van der Waals surface area contributed by atoms with Gasteiger partial charge in [0.25, 0.3) is 10.0 Å². The first kappa shape index (κ1) is 24.3. The highest BCUT2D eigenvalue weighted by Crippen LogP contribution is 2.41. The number of alkyl halides is 3. The van der Waals surface area contributed by atoms with Crippen molar-refractivity contribution in [2.75, 3.05) is 36.5 Å². The molecular formula is C26H25F3N2O4S. The maximum atomic E-state index is 13.5. The molecule has 1 heterocycles. The molecule has 0 amide bonds. The molecule has 0 spiro atoms. The summed E-state index contributed by atoms with van der Waals surface area (Å²) in [4.78, 5) is 1.53. The van der Waals surface area contributed by atoms with Gasteiger partial charge in [-0.3, -0.25) is 4.31 Å². The van der Waals surface area contributed by atoms with Gasteiger partial charge in [0.1, 0.15) is 18.1 Å². The minimum absolute atomic E-state index is 0.0250. The molecule has 0 radical (unpaired) electrons. The van der Waals surface area contributed by atoms with Crippen molar-refractivity contribution in [3.05, 3.63) is 66.2 Å². The van der Waals surface area contributed by atoms with Crippen LogP contribution in [0.3, 0.4) is 0 Å². The molecule has 6 nitrogen and oxygen atoms in total. The minimum Gasteiger partial charge on any atom is -0.490 e. The Morgan fingerprint density at radius 3 is 2.47 bits per heavy atom. The molecule has 1 fully saturated rings. The molecule has 190 valence electrons. The molecule has 5 rings (SSSR count). The van der Waals surface area contributed by atoms with E-state index in [0.717, 1.165) is 51.8 Å². The van der Waals surface area contributed by atoms with Gasteiger partial charge in [0, 0.05) is 25.8 Å². The molecule has 1 aliphatic carbocycles. The molecule has 0 saturated heterocycles. The average molecular weight is 519 g/mol. The van der Waals surface area contributed by atoms with Crippen LogP contribution in [0.1, 0.15) is 18.4 Å². The molecule has 0 bridgehead atoms. The van der Waals surface area contributed by atoms with Crippen molar-refractivity contribution in [1.29, 1.82) is 0 Å². The van der Waals surface area contributed by atoms with Crippen LogP contribution in [0, 0.1) is 0 Å². The third-order valence-corrected chi connectivity index (χ3v) is 7.91. The van der Waals surface area contributed by atoms with Crippen molar-refractivity contribution in [3.8, 4) is 22.6 Å². The Morgan fingerprint density at radius 1 is 1.00 bits per heavy atom. The molecule has 0 aromatic heterocycles. The van der Waals surface area contributed by atoms with Gasteiger partial charge < -0.3 is 14.4 Å². The predicted octanol–water partition coefficient (Wildman–Crippen LogP) is 5.57. The van der Waals surface area contributed by atoms with Crippen LogP contribution in [0.2, 0.25) is 0 Å². The van der Waals surface area contributed by atoms with Gasteiger partial charge in [-0.1, -0.05) is 12.1 Å². The molecule has 1 saturated carbocycles. The van der Waals surface area contributed by atoms with Gasteiger partial charge in [0.15, 0.2) is 0 Å². The molecule has 0 atom stereocenters. The van der Waals surface area contributed by atoms with Gasteiger partial charge in [-0.15, -0.1) is 0 Å². The number of sulfonamides is 1. The van der Waals surface area contributed by atoms with Crippen LogP contribution in [0.15, 0.2) is 65.6 Å². The molecular weight excluding hydrogens is 493 g/mol. The highest BCUT2D eigenvalue weighted by molar-refractivity contribution is 7.92. The van der Waals surface area contributed by atoms with Crippen molar-refractivity contribution in [3.63, 3.8) is 0 Å². The van der Waals surface area contributed by atoms with Gasteiger partial charge in [-0.05, 0) is 66.4 Å². The van der Waals surface area contributed by atoms with Crippen molar-refractivity contribution < 1.29 is 31.1 Å². The van der Waals surface area contributed by atoms with Crippen LogP contribution < -0.4 is 18.7 Å². The van der Waals surface area contributed by atoms with E-state index in [2.05, 4.69) is 0 Å². The number of benzene rings is 3. The highest BCUT2D eigenvalue weighted by Gasteiger charge is 2.35. The van der Waals surface area contributed by atoms with E-state index in [4.69, 9.17) is 9.47 Å². The summed E-state index contributed by atoms with van der Waals surface area (Å²) in [7, 11) is -0.433. The molecule has 3 aromatic carbocycles. The lowest BCUT2D eigenvalue weighted by Crippen LogP contribution is -2.38. The second kappa shape index (κ2) is 8.92. The Morgan fingerprint density at radius 2 is 1.78 bits per heavy atom. The second-order valence-corrected chi connectivity index (χ2v) is 10.9. The lowest BCUT2D eigenvalue weighted by molar-refractivity contribution is -0.137. The quantitative estimate of drug-likeness (QED) is 0.427. The summed E-state index contributed by atoms with van der Waals surface area (Å²) in [6.45, 7) is 0.0584. The van der Waals surface area contributed by atoms with E-state index in [1.165, 1.54) is 6.07 Å². The standard InChI is InChI=1S/C26H25F3N2O4S/c1-30(2)20-12-18(13-22(16-20)35-21-7-8-21)17-6-9-25-24(14-17)31(10-11-34-25)36(32,33)23-5-3-4-19(15-23)26(27,28)29/h3-6,9,12-16,21H,7-8,10-11H2,1-2H3. The number of anilines is 2. The minimum atomic E-state index is -4.65. The summed E-state index contributed by atoms with van der Waals surface area (Å²) in [6, 6.07) is 14.8. The summed E-state index contributed by atoms with van der Waals surface area (Å²) >= 11 is 0. The smallest absolute Gasteiger partial charge is 0.416 e. The largest absolute Gasteiger partial charge is 0.490 e. The third-order valence-electron chi connectivity index (χ3n) is 6.10. The first-order chi connectivity index (χ1) is 17.0. The van der Waals surface area contributed by atoms with E-state index in [1.54, 1.807) is 12.1 Å². The van der Waals surface area contributed by atoms with E-state index in [0.29, 0.717) is 11.8 Å². The summed E-state index contributed by atoms with van der Waals surface area (Å²) in [6.07, 6.45) is -2.42. The Labute approximate surface area is 207 Å².